The van der Waals surface area contributed by atoms with E-state index in [2.05, 4.69) is 10.2 Å². The number of hydrogen-bond acceptors (Lipinski definition) is 5. The fourth-order valence-electron chi connectivity index (χ4n) is 1.39. The fourth-order valence-corrected chi connectivity index (χ4v) is 1.39. The molecule has 0 radical (unpaired) electrons. The Bertz CT molecular complexity index is 283. The second-order valence-corrected chi connectivity index (χ2v) is 3.25. The van der Waals surface area contributed by atoms with Crippen molar-refractivity contribution in [2.24, 2.45) is 0 Å². The van der Waals surface area contributed by atoms with Gasteiger partial charge in [-0.2, -0.15) is 9.90 Å². The Kier molecular flexibility index (Phi) is 2.95. The molecule has 1 aromatic heterocycles. The lowest BCUT2D eigenvalue weighted by molar-refractivity contribution is -0.0636. The molecular weight excluding hydrogens is 184 g/mol. The molecule has 0 atom stereocenters. The summed E-state index contributed by atoms with van der Waals surface area (Å²) in [6.07, 6.45) is 3.65. The van der Waals surface area contributed by atoms with Crippen LogP contribution in [0.1, 0.15) is 12.8 Å². The van der Waals surface area contributed by atoms with Crippen LogP contribution in [0.4, 0.5) is 5.82 Å². The van der Waals surface area contributed by atoms with Gasteiger partial charge in [0.2, 0.25) is 0 Å². The quantitative estimate of drug-likeness (QED) is 0.740. The first-order valence-corrected chi connectivity index (χ1v) is 4.69. The van der Waals surface area contributed by atoms with E-state index in [0.717, 1.165) is 26.1 Å². The van der Waals surface area contributed by atoms with Gasteiger partial charge in [0, 0.05) is 13.2 Å². The zero-order chi connectivity index (χ0) is 9.80. The van der Waals surface area contributed by atoms with Gasteiger partial charge in [0.05, 0.1) is 12.3 Å². The van der Waals surface area contributed by atoms with Gasteiger partial charge in [-0.05, 0) is 12.8 Å². The number of nitrogen functional groups attached to an aromatic ring is 1. The smallest absolute Gasteiger partial charge is 0.166 e. The maximum absolute atomic E-state index is 5.58. The van der Waals surface area contributed by atoms with Gasteiger partial charge in [-0.15, -0.1) is 5.10 Å². The van der Waals surface area contributed by atoms with Crippen LogP contribution in [0.2, 0.25) is 0 Å². The Hall–Kier alpha value is -1.14. The molecule has 1 aliphatic rings. The fraction of sp³-hybridized carbons (Fsp3) is 0.750. The monoisotopic (exact) mass is 198 g/mol. The molecule has 0 spiro atoms. The van der Waals surface area contributed by atoms with Crippen molar-refractivity contribution in [3.8, 4) is 0 Å². The molecule has 78 valence electrons. The summed E-state index contributed by atoms with van der Waals surface area (Å²) in [4.78, 5) is 1.45. The van der Waals surface area contributed by atoms with Crippen molar-refractivity contribution in [3.63, 3.8) is 0 Å². The van der Waals surface area contributed by atoms with Crippen molar-refractivity contribution >= 4 is 5.82 Å². The van der Waals surface area contributed by atoms with Crippen molar-refractivity contribution in [2.75, 3.05) is 18.9 Å². The minimum absolute atomic E-state index is 0.260. The van der Waals surface area contributed by atoms with Crippen molar-refractivity contribution in [2.45, 2.75) is 25.7 Å². The van der Waals surface area contributed by atoms with E-state index >= 15 is 0 Å². The Balaban J connectivity index is 1.76. The third kappa shape index (κ3) is 2.43. The van der Waals surface area contributed by atoms with Crippen LogP contribution in [0.3, 0.4) is 0 Å². The van der Waals surface area contributed by atoms with Gasteiger partial charge < -0.3 is 15.2 Å². The van der Waals surface area contributed by atoms with Crippen LogP contribution in [0, 0.1) is 0 Å². The lowest BCUT2D eigenvalue weighted by Crippen LogP contribution is -2.24. The molecule has 0 amide bonds. The number of ether oxygens (including phenoxy) is 2. The first-order chi connectivity index (χ1) is 6.84. The largest absolute Gasteiger partial charge is 0.381 e. The Morgan fingerprint density at radius 2 is 2.36 bits per heavy atom. The number of rotatable bonds is 3. The van der Waals surface area contributed by atoms with Crippen molar-refractivity contribution in [1.29, 1.82) is 0 Å². The number of anilines is 1. The molecule has 2 heterocycles. The van der Waals surface area contributed by atoms with E-state index < -0.39 is 0 Å². The molecule has 2 rings (SSSR count). The molecule has 0 aliphatic carbocycles. The summed E-state index contributed by atoms with van der Waals surface area (Å²) in [5.41, 5.74) is 5.42. The minimum Gasteiger partial charge on any atom is -0.381 e. The zero-order valence-corrected chi connectivity index (χ0v) is 7.93. The summed E-state index contributed by atoms with van der Waals surface area (Å²) in [5, 5.41) is 7.85. The van der Waals surface area contributed by atoms with Crippen LogP contribution in [-0.2, 0) is 16.2 Å². The lowest BCUT2D eigenvalue weighted by atomic mass is 10.2. The van der Waals surface area contributed by atoms with Crippen LogP contribution >= 0.6 is 0 Å². The maximum atomic E-state index is 5.58. The van der Waals surface area contributed by atoms with Crippen molar-refractivity contribution < 1.29 is 9.47 Å². The van der Waals surface area contributed by atoms with E-state index in [-0.39, 0.29) is 6.10 Å². The Labute approximate surface area is 82.0 Å². The molecule has 2 N–H and O–H groups in total. The topological polar surface area (TPSA) is 75.2 Å². The highest BCUT2D eigenvalue weighted by atomic mass is 16.5. The molecule has 0 unspecified atom stereocenters. The maximum Gasteiger partial charge on any atom is 0.166 e. The van der Waals surface area contributed by atoms with Gasteiger partial charge in [0.1, 0.15) is 0 Å². The Morgan fingerprint density at radius 3 is 3.00 bits per heavy atom. The molecule has 6 heteroatoms. The average molecular weight is 198 g/mol. The first kappa shape index (κ1) is 9.42. The molecular formula is C8H14N4O2. The van der Waals surface area contributed by atoms with Crippen LogP contribution in [0.15, 0.2) is 6.20 Å². The summed E-state index contributed by atoms with van der Waals surface area (Å²) < 4.78 is 10.8. The lowest BCUT2D eigenvalue weighted by Gasteiger charge is -2.21. The highest BCUT2D eigenvalue weighted by Gasteiger charge is 2.14. The predicted molar refractivity (Wildman–Crippen MR) is 49.4 cm³/mol. The molecule has 0 bridgehead atoms. The second kappa shape index (κ2) is 4.39. The van der Waals surface area contributed by atoms with E-state index in [4.69, 9.17) is 15.2 Å². The van der Waals surface area contributed by atoms with Gasteiger partial charge >= 0.3 is 0 Å². The van der Waals surface area contributed by atoms with Gasteiger partial charge in [-0.1, -0.05) is 0 Å². The number of aromatic nitrogens is 3. The van der Waals surface area contributed by atoms with Crippen LogP contribution < -0.4 is 5.73 Å². The van der Waals surface area contributed by atoms with E-state index in [9.17, 15) is 0 Å². The van der Waals surface area contributed by atoms with Crippen LogP contribution in [-0.4, -0.2) is 34.3 Å². The highest BCUT2D eigenvalue weighted by molar-refractivity contribution is 5.19. The summed E-state index contributed by atoms with van der Waals surface area (Å²) in [6.45, 7) is 1.92. The highest BCUT2D eigenvalue weighted by Crippen LogP contribution is 2.10. The van der Waals surface area contributed by atoms with Gasteiger partial charge in [0.25, 0.3) is 0 Å². The molecule has 1 saturated heterocycles. The second-order valence-electron chi connectivity index (χ2n) is 3.25. The van der Waals surface area contributed by atoms with Gasteiger partial charge in [0.15, 0.2) is 12.5 Å². The summed E-state index contributed by atoms with van der Waals surface area (Å²) >= 11 is 0. The molecule has 1 fully saturated rings. The molecule has 6 nitrogen and oxygen atoms in total. The van der Waals surface area contributed by atoms with Gasteiger partial charge in [-0.3, -0.25) is 0 Å². The summed E-state index contributed by atoms with van der Waals surface area (Å²) in [5.74, 6) is 0.417. The average Bonchev–Trinajstić information content (AvgIpc) is 2.63. The normalized spacial score (nSPS) is 18.6. The SMILES string of the molecule is Nc1cnn(COC2CCOCC2)n1. The third-order valence-corrected chi connectivity index (χ3v) is 2.15. The van der Waals surface area contributed by atoms with E-state index in [1.165, 1.54) is 11.0 Å². The number of nitrogens with zero attached hydrogens (tertiary/aromatic N) is 3. The number of hydrogen-bond donors (Lipinski definition) is 1. The molecule has 1 aliphatic heterocycles. The standard InChI is InChI=1S/C8H14N4O2/c9-8-5-10-12(11-8)6-14-7-1-3-13-4-2-7/h5,7H,1-4,6H2,(H2,9,11). The van der Waals surface area contributed by atoms with Crippen molar-refractivity contribution in [3.05, 3.63) is 6.20 Å². The van der Waals surface area contributed by atoms with Crippen LogP contribution in [0.5, 0.6) is 0 Å². The summed E-state index contributed by atoms with van der Waals surface area (Å²) in [7, 11) is 0. The van der Waals surface area contributed by atoms with Crippen molar-refractivity contribution in [1.82, 2.24) is 15.0 Å². The van der Waals surface area contributed by atoms with E-state index in [0.29, 0.717) is 12.5 Å². The van der Waals surface area contributed by atoms with E-state index in [1.54, 1.807) is 0 Å². The zero-order valence-electron chi connectivity index (χ0n) is 7.93. The third-order valence-electron chi connectivity index (χ3n) is 2.15. The molecule has 0 saturated carbocycles. The molecule has 0 aromatic carbocycles. The Morgan fingerprint density at radius 1 is 1.57 bits per heavy atom. The first-order valence-electron chi connectivity index (χ1n) is 4.69. The molecule has 14 heavy (non-hydrogen) atoms. The predicted octanol–water partition coefficient (Wildman–Crippen LogP) is 0.0134. The minimum atomic E-state index is 0.260. The number of nitrogens with two attached hydrogens (primary N) is 1. The van der Waals surface area contributed by atoms with E-state index in [1.807, 2.05) is 0 Å². The van der Waals surface area contributed by atoms with Crippen LogP contribution in [0.25, 0.3) is 0 Å². The van der Waals surface area contributed by atoms with Gasteiger partial charge in [-0.25, -0.2) is 0 Å². The molecule has 1 aromatic rings. The summed E-state index contributed by atoms with van der Waals surface area (Å²) in [6, 6.07) is 0.